The highest BCUT2D eigenvalue weighted by Gasteiger charge is 2.62. The fourth-order valence-corrected chi connectivity index (χ4v) is 5.68. The number of nitrogens with zero attached hydrogens (tertiary/aromatic N) is 5. The Morgan fingerprint density at radius 2 is 2.00 bits per heavy atom. The summed E-state index contributed by atoms with van der Waals surface area (Å²) < 4.78 is 50.7. The largest absolute Gasteiger partial charge is 0.477 e. The van der Waals surface area contributed by atoms with Gasteiger partial charge in [0.15, 0.2) is 5.82 Å². The third kappa shape index (κ3) is 5.15. The van der Waals surface area contributed by atoms with Crippen LogP contribution in [0.25, 0.3) is 5.82 Å². The van der Waals surface area contributed by atoms with Gasteiger partial charge >= 0.3 is 6.18 Å². The number of pyridine rings is 1. The molecule has 1 aliphatic carbocycles. The summed E-state index contributed by atoms with van der Waals surface area (Å²) in [6.07, 6.45) is -2.49. The van der Waals surface area contributed by atoms with Gasteiger partial charge in [0.2, 0.25) is 5.88 Å². The van der Waals surface area contributed by atoms with Crippen LogP contribution in [0.4, 0.5) is 13.2 Å². The van der Waals surface area contributed by atoms with Crippen molar-refractivity contribution in [2.45, 2.75) is 51.1 Å². The van der Waals surface area contributed by atoms with Gasteiger partial charge in [-0.15, -0.1) is 5.10 Å². The number of halogens is 4. The molecule has 3 heterocycles. The molecule has 0 saturated heterocycles. The Labute approximate surface area is 213 Å². The molecule has 3 aromatic heterocycles. The van der Waals surface area contributed by atoms with E-state index in [0.717, 1.165) is 16.3 Å². The highest BCUT2D eigenvalue weighted by Crippen LogP contribution is 2.59. The van der Waals surface area contributed by atoms with Crippen molar-refractivity contribution < 1.29 is 22.7 Å². The Balaban J connectivity index is 1.42. The minimum absolute atomic E-state index is 0.0110. The molecule has 1 saturated carbocycles. The zero-order valence-electron chi connectivity index (χ0n) is 20.2. The molecule has 1 fully saturated rings. The third-order valence-corrected chi connectivity index (χ3v) is 8.46. The Bertz CT molecular complexity index is 1330. The van der Waals surface area contributed by atoms with Gasteiger partial charge in [0.25, 0.3) is 5.91 Å². The van der Waals surface area contributed by atoms with Gasteiger partial charge in [-0.2, -0.15) is 18.3 Å². The number of carbonyl (C=O) groups is 1. The second-order valence-corrected chi connectivity index (χ2v) is 10.7. The average molecular weight is 543 g/mol. The first-order valence-corrected chi connectivity index (χ1v) is 12.9. The van der Waals surface area contributed by atoms with Gasteiger partial charge in [-0.05, 0) is 57.5 Å². The van der Waals surface area contributed by atoms with E-state index >= 15 is 0 Å². The predicted molar refractivity (Wildman–Crippen MR) is 132 cm³/mol. The van der Waals surface area contributed by atoms with E-state index in [1.165, 1.54) is 10.7 Å². The third-order valence-electron chi connectivity index (χ3n) is 6.26. The lowest BCUT2D eigenvalue weighted by molar-refractivity contribution is -0.190. The second-order valence-electron chi connectivity index (χ2n) is 8.61. The summed E-state index contributed by atoms with van der Waals surface area (Å²) in [7, 11) is 1.17. The molecule has 1 atom stereocenters. The van der Waals surface area contributed by atoms with Gasteiger partial charge in [0.05, 0.1) is 33.9 Å². The number of amides is 1. The fraction of sp³-hybridized carbons (Fsp3) is 0.435. The lowest BCUT2D eigenvalue weighted by atomic mass is 10.0. The van der Waals surface area contributed by atoms with Crippen molar-refractivity contribution in [3.8, 4) is 11.7 Å². The van der Waals surface area contributed by atoms with Gasteiger partial charge < -0.3 is 4.74 Å². The summed E-state index contributed by atoms with van der Waals surface area (Å²) in [5, 5.41) is 10.5. The molecule has 1 aliphatic rings. The van der Waals surface area contributed by atoms with E-state index in [4.69, 9.17) is 16.3 Å². The van der Waals surface area contributed by atoms with Gasteiger partial charge in [-0.3, -0.25) is 14.2 Å². The van der Waals surface area contributed by atoms with E-state index in [1.54, 1.807) is 23.0 Å². The molecule has 3 aromatic rings. The zero-order valence-corrected chi connectivity index (χ0v) is 21.8. The van der Waals surface area contributed by atoms with Crippen molar-refractivity contribution in [1.82, 2.24) is 29.3 Å². The van der Waals surface area contributed by atoms with Crippen LogP contribution in [0.15, 0.2) is 29.3 Å². The molecule has 1 N–H and O–H groups in total. The number of nitrogens with one attached hydrogen (secondary N) is 1. The molecule has 0 bridgehead atoms. The Kier molecular flexibility index (Phi) is 7.20. The molecular formula is C23H26ClF3N6O2S. The lowest BCUT2D eigenvalue weighted by Crippen LogP contribution is -2.26. The van der Waals surface area contributed by atoms with E-state index in [2.05, 4.69) is 19.9 Å². The molecule has 4 rings (SSSR count). The molecular weight excluding hydrogens is 517 g/mol. The number of carbonyl (C=O) groups excluding carboxylic acids is 1. The molecule has 1 unspecified atom stereocenters. The fourth-order valence-electron chi connectivity index (χ4n) is 3.87. The highest BCUT2D eigenvalue weighted by molar-refractivity contribution is 8.13. The molecule has 0 aliphatic heterocycles. The Hall–Kier alpha value is -2.86. The maximum absolute atomic E-state index is 13.1. The summed E-state index contributed by atoms with van der Waals surface area (Å²) in [5.74, 6) is 0.129. The maximum atomic E-state index is 13.1. The van der Waals surface area contributed by atoms with E-state index in [-0.39, 0.29) is 48.4 Å². The average Bonchev–Trinajstić information content (AvgIpc) is 3.40. The van der Waals surface area contributed by atoms with E-state index in [1.807, 2.05) is 33.2 Å². The normalized spacial score (nSPS) is 15.7. The summed E-state index contributed by atoms with van der Waals surface area (Å²) >= 11 is 6.33. The summed E-state index contributed by atoms with van der Waals surface area (Å²) in [5.41, 5.74) is 0.365. The molecule has 0 aromatic carbocycles. The minimum atomic E-state index is -4.21. The number of hydrogen-bond acceptors (Lipinski definition) is 5. The van der Waals surface area contributed by atoms with Gasteiger partial charge in [0.1, 0.15) is 5.15 Å². The first-order chi connectivity index (χ1) is 17.0. The van der Waals surface area contributed by atoms with Gasteiger partial charge in [-0.1, -0.05) is 22.3 Å². The predicted octanol–water partition coefficient (Wildman–Crippen LogP) is 5.18. The van der Waals surface area contributed by atoms with Crippen LogP contribution in [0.2, 0.25) is 5.15 Å². The zero-order chi connectivity index (χ0) is 26.3. The molecule has 36 heavy (non-hydrogen) atoms. The van der Waals surface area contributed by atoms with Crippen molar-refractivity contribution in [2.75, 3.05) is 6.61 Å². The summed E-state index contributed by atoms with van der Waals surface area (Å²) in [6, 6.07) is 4.65. The number of aryl methyl sites for hydroxylation is 2. The number of aromatic nitrogens is 5. The van der Waals surface area contributed by atoms with Crippen molar-refractivity contribution >= 4 is 33.5 Å². The van der Waals surface area contributed by atoms with Crippen LogP contribution in [0.3, 0.4) is 0 Å². The Morgan fingerprint density at radius 3 is 2.56 bits per heavy atom. The van der Waals surface area contributed by atoms with Crippen LogP contribution in [0.1, 0.15) is 47.9 Å². The molecule has 8 nitrogen and oxygen atoms in total. The standard InChI is InChI=1S/C23H26ClF3N6O2S/c1-5-36(19-14(2)29-32(4)15(19)3)31-21(34)16-6-7-17(28-20(16)24)33-12-8-18(30-33)35-13-11-22(9-10-22)23(25,26)27/h5-8,12H,9-11,13H2,1-4H3,(H,31,34). The van der Waals surface area contributed by atoms with Crippen LogP contribution < -0.4 is 9.46 Å². The number of ether oxygens (including phenoxy) is 1. The topological polar surface area (TPSA) is 86.9 Å². The molecule has 0 radical (unpaired) electrons. The van der Waals surface area contributed by atoms with Crippen LogP contribution in [-0.2, 0) is 7.05 Å². The van der Waals surface area contributed by atoms with Crippen molar-refractivity contribution in [3.05, 3.63) is 46.5 Å². The van der Waals surface area contributed by atoms with Gasteiger partial charge in [-0.25, -0.2) is 9.67 Å². The van der Waals surface area contributed by atoms with Crippen molar-refractivity contribution in [2.24, 2.45) is 12.5 Å². The lowest BCUT2D eigenvalue weighted by Gasteiger charge is -2.18. The Morgan fingerprint density at radius 1 is 1.28 bits per heavy atom. The summed E-state index contributed by atoms with van der Waals surface area (Å²) in [6.45, 7) is 5.61. The van der Waals surface area contributed by atoms with E-state index in [0.29, 0.717) is 5.82 Å². The molecule has 1 amide bonds. The number of hydrogen-bond donors (Lipinski definition) is 1. The van der Waals surface area contributed by atoms with Gasteiger partial charge in [0, 0.05) is 19.3 Å². The second kappa shape index (κ2) is 9.89. The maximum Gasteiger partial charge on any atom is 0.394 e. The summed E-state index contributed by atoms with van der Waals surface area (Å²) in [4.78, 5) is 18.2. The molecule has 0 spiro atoms. The highest BCUT2D eigenvalue weighted by atomic mass is 35.5. The quantitative estimate of drug-likeness (QED) is 0.313. The van der Waals surface area contributed by atoms with Crippen molar-refractivity contribution in [3.63, 3.8) is 0 Å². The minimum Gasteiger partial charge on any atom is -0.477 e. The van der Waals surface area contributed by atoms with E-state index < -0.39 is 22.3 Å². The number of alkyl halides is 3. The van der Waals surface area contributed by atoms with Crippen LogP contribution >= 0.6 is 22.3 Å². The molecule has 13 heteroatoms. The van der Waals surface area contributed by atoms with Crippen LogP contribution in [-0.4, -0.2) is 48.6 Å². The SMILES string of the molecule is C/C=S(/NC(=O)c1ccc(-n2ccc(OCCC3(C(F)(F)F)CC3)n2)nc1Cl)c1c(C)nn(C)c1C. The monoisotopic (exact) mass is 542 g/mol. The van der Waals surface area contributed by atoms with Crippen molar-refractivity contribution in [1.29, 1.82) is 0 Å². The van der Waals surface area contributed by atoms with E-state index in [9.17, 15) is 18.0 Å². The molecule has 194 valence electrons. The smallest absolute Gasteiger partial charge is 0.394 e. The van der Waals surface area contributed by atoms with Crippen LogP contribution in [0.5, 0.6) is 5.88 Å². The first kappa shape index (κ1) is 26.2. The first-order valence-electron chi connectivity index (χ1n) is 11.2. The number of rotatable bonds is 8. The van der Waals surface area contributed by atoms with Crippen LogP contribution in [0, 0.1) is 19.3 Å².